The molecule has 0 saturated heterocycles. The van der Waals surface area contributed by atoms with Crippen molar-refractivity contribution in [1.29, 1.82) is 0 Å². The fourth-order valence-corrected chi connectivity index (χ4v) is 5.23. The second-order valence-electron chi connectivity index (χ2n) is 6.55. The molecule has 0 saturated carbocycles. The fraction of sp³-hybridized carbons (Fsp3) is 0.158. The predicted molar refractivity (Wildman–Crippen MR) is 117 cm³/mol. The second-order valence-corrected chi connectivity index (χ2v) is 9.92. The lowest BCUT2D eigenvalue weighted by Gasteiger charge is -2.13. The number of aromatic amines is 1. The number of hydrogen-bond donors (Lipinski definition) is 3. The number of rotatable bonds is 6. The van der Waals surface area contributed by atoms with E-state index in [4.69, 9.17) is 5.14 Å². The Morgan fingerprint density at radius 1 is 1.21 bits per heavy atom. The highest BCUT2D eigenvalue weighted by Gasteiger charge is 2.16. The Bertz CT molecular complexity index is 1310. The summed E-state index contributed by atoms with van der Waals surface area (Å²) < 4.78 is 22.7. The molecule has 29 heavy (non-hydrogen) atoms. The van der Waals surface area contributed by atoms with Gasteiger partial charge in [0, 0.05) is 22.4 Å². The van der Waals surface area contributed by atoms with Crippen LogP contribution in [-0.2, 0) is 16.6 Å². The molecule has 3 heterocycles. The molecule has 0 aliphatic rings. The summed E-state index contributed by atoms with van der Waals surface area (Å²) in [6.07, 6.45) is 0. The summed E-state index contributed by atoms with van der Waals surface area (Å²) in [5.74, 6) is 0.559. The van der Waals surface area contributed by atoms with Crippen LogP contribution in [0.15, 0.2) is 56.8 Å². The van der Waals surface area contributed by atoms with Crippen LogP contribution in [0.5, 0.6) is 0 Å². The third-order valence-electron chi connectivity index (χ3n) is 4.52. The Hall–Kier alpha value is -2.37. The van der Waals surface area contributed by atoms with E-state index in [1.165, 1.54) is 23.5 Å². The first-order valence-corrected chi connectivity index (χ1v) is 12.0. The van der Waals surface area contributed by atoms with Crippen LogP contribution in [0.25, 0.3) is 20.7 Å². The first-order valence-electron chi connectivity index (χ1n) is 8.73. The number of sulfonamides is 1. The standard InChI is InChI=1S/C19H18N4O3S3/c1-11(21-9-12-4-6-13(7-5-12)29(20,25)26)17-22-18(24)16-14(10-28-19(16)23-17)15-3-2-8-27-15/h2-8,10-11,21H,9H2,1H3,(H2,20,25,26)(H,22,23,24). The Morgan fingerprint density at radius 3 is 2.62 bits per heavy atom. The van der Waals surface area contributed by atoms with E-state index in [-0.39, 0.29) is 16.5 Å². The van der Waals surface area contributed by atoms with Gasteiger partial charge in [0.2, 0.25) is 10.0 Å². The van der Waals surface area contributed by atoms with Crippen LogP contribution in [0.4, 0.5) is 0 Å². The van der Waals surface area contributed by atoms with E-state index in [0.717, 1.165) is 16.0 Å². The molecule has 150 valence electrons. The van der Waals surface area contributed by atoms with Gasteiger partial charge in [-0.3, -0.25) is 4.79 Å². The summed E-state index contributed by atoms with van der Waals surface area (Å²) in [5, 5.41) is 13.0. The minimum atomic E-state index is -3.70. The molecular weight excluding hydrogens is 428 g/mol. The molecule has 3 aromatic heterocycles. The minimum absolute atomic E-state index is 0.0741. The summed E-state index contributed by atoms with van der Waals surface area (Å²) >= 11 is 3.05. The van der Waals surface area contributed by atoms with Crippen molar-refractivity contribution in [3.05, 3.63) is 68.9 Å². The average Bonchev–Trinajstić information content (AvgIpc) is 3.35. The van der Waals surface area contributed by atoms with E-state index in [1.54, 1.807) is 23.5 Å². The Balaban J connectivity index is 1.53. The summed E-state index contributed by atoms with van der Waals surface area (Å²) in [6.45, 7) is 2.40. The normalized spacial score (nSPS) is 13.0. The number of thiophene rings is 2. The number of H-pyrrole nitrogens is 1. The fourth-order valence-electron chi connectivity index (χ4n) is 2.95. The van der Waals surface area contributed by atoms with E-state index in [1.807, 2.05) is 29.8 Å². The maximum atomic E-state index is 12.7. The maximum Gasteiger partial charge on any atom is 0.260 e. The van der Waals surface area contributed by atoms with Crippen molar-refractivity contribution in [2.24, 2.45) is 5.14 Å². The number of nitrogens with two attached hydrogens (primary N) is 1. The molecule has 1 atom stereocenters. The van der Waals surface area contributed by atoms with E-state index in [0.29, 0.717) is 22.6 Å². The van der Waals surface area contributed by atoms with Crippen molar-refractivity contribution in [2.75, 3.05) is 0 Å². The molecule has 7 nitrogen and oxygen atoms in total. The highest BCUT2D eigenvalue weighted by Crippen LogP contribution is 2.33. The molecule has 0 fully saturated rings. The van der Waals surface area contributed by atoms with Gasteiger partial charge in [-0.15, -0.1) is 22.7 Å². The minimum Gasteiger partial charge on any atom is -0.309 e. The number of benzene rings is 1. The van der Waals surface area contributed by atoms with Crippen molar-refractivity contribution >= 4 is 42.9 Å². The van der Waals surface area contributed by atoms with Gasteiger partial charge in [0.25, 0.3) is 5.56 Å². The quantitative estimate of drug-likeness (QED) is 0.420. The van der Waals surface area contributed by atoms with Gasteiger partial charge in [0.15, 0.2) is 0 Å². The maximum absolute atomic E-state index is 12.7. The predicted octanol–water partition coefficient (Wildman–Crippen LogP) is 3.21. The zero-order chi connectivity index (χ0) is 20.6. The second kappa shape index (κ2) is 7.81. The molecule has 0 radical (unpaired) electrons. The number of hydrogen-bond acceptors (Lipinski definition) is 7. The van der Waals surface area contributed by atoms with Crippen molar-refractivity contribution in [3.8, 4) is 10.4 Å². The topological polar surface area (TPSA) is 118 Å². The lowest BCUT2D eigenvalue weighted by Crippen LogP contribution is -2.23. The third kappa shape index (κ3) is 4.16. The van der Waals surface area contributed by atoms with Crippen molar-refractivity contribution < 1.29 is 8.42 Å². The SMILES string of the molecule is CC(NCc1ccc(S(N)(=O)=O)cc1)c1nc2scc(-c3cccs3)c2c(=O)[nH]1. The highest BCUT2D eigenvalue weighted by atomic mass is 32.2. The van der Waals surface area contributed by atoms with Gasteiger partial charge in [-0.1, -0.05) is 18.2 Å². The van der Waals surface area contributed by atoms with Crippen LogP contribution in [-0.4, -0.2) is 18.4 Å². The number of nitrogens with zero attached hydrogens (tertiary/aromatic N) is 1. The molecule has 0 bridgehead atoms. The largest absolute Gasteiger partial charge is 0.309 e. The van der Waals surface area contributed by atoms with Crippen LogP contribution in [0.2, 0.25) is 0 Å². The number of primary sulfonamides is 1. The third-order valence-corrected chi connectivity index (χ3v) is 7.23. The van der Waals surface area contributed by atoms with E-state index < -0.39 is 10.0 Å². The number of nitrogens with one attached hydrogen (secondary N) is 2. The van der Waals surface area contributed by atoms with Gasteiger partial charge in [0.05, 0.1) is 16.3 Å². The van der Waals surface area contributed by atoms with Crippen LogP contribution in [0.3, 0.4) is 0 Å². The summed E-state index contributed by atoms with van der Waals surface area (Å²) in [4.78, 5) is 22.1. The van der Waals surface area contributed by atoms with E-state index in [9.17, 15) is 13.2 Å². The monoisotopic (exact) mass is 446 g/mol. The summed E-state index contributed by atoms with van der Waals surface area (Å²) in [7, 11) is -3.70. The van der Waals surface area contributed by atoms with Gasteiger partial charge >= 0.3 is 0 Å². The first kappa shape index (κ1) is 19.9. The molecular formula is C19H18N4O3S3. The van der Waals surface area contributed by atoms with Crippen LogP contribution in [0, 0.1) is 0 Å². The van der Waals surface area contributed by atoms with Crippen LogP contribution >= 0.6 is 22.7 Å². The van der Waals surface area contributed by atoms with Crippen molar-refractivity contribution in [3.63, 3.8) is 0 Å². The summed E-state index contributed by atoms with van der Waals surface area (Å²) in [5.41, 5.74) is 1.65. The van der Waals surface area contributed by atoms with Crippen LogP contribution in [0.1, 0.15) is 24.4 Å². The van der Waals surface area contributed by atoms with Gasteiger partial charge < -0.3 is 10.3 Å². The number of fused-ring (bicyclic) bond motifs is 1. The Morgan fingerprint density at radius 2 is 1.97 bits per heavy atom. The summed E-state index contributed by atoms with van der Waals surface area (Å²) in [6, 6.07) is 10.1. The van der Waals surface area contributed by atoms with E-state index >= 15 is 0 Å². The Kier molecular flexibility index (Phi) is 5.36. The molecule has 0 spiro atoms. The van der Waals surface area contributed by atoms with Gasteiger partial charge in [-0.05, 0) is 36.1 Å². The lowest BCUT2D eigenvalue weighted by atomic mass is 10.2. The van der Waals surface area contributed by atoms with Gasteiger partial charge in [-0.2, -0.15) is 0 Å². The lowest BCUT2D eigenvalue weighted by molar-refractivity contribution is 0.547. The highest BCUT2D eigenvalue weighted by molar-refractivity contribution is 7.89. The Labute approximate surface area is 175 Å². The van der Waals surface area contributed by atoms with Crippen LogP contribution < -0.4 is 16.0 Å². The van der Waals surface area contributed by atoms with Crippen molar-refractivity contribution in [2.45, 2.75) is 24.4 Å². The molecule has 10 heteroatoms. The smallest absolute Gasteiger partial charge is 0.260 e. The molecule has 0 aliphatic heterocycles. The zero-order valence-electron chi connectivity index (χ0n) is 15.4. The first-order chi connectivity index (χ1) is 13.8. The van der Waals surface area contributed by atoms with Crippen molar-refractivity contribution in [1.82, 2.24) is 15.3 Å². The molecule has 0 amide bonds. The molecule has 0 aliphatic carbocycles. The zero-order valence-corrected chi connectivity index (χ0v) is 17.8. The molecule has 1 unspecified atom stereocenters. The molecule has 4 rings (SSSR count). The van der Waals surface area contributed by atoms with Gasteiger partial charge in [0.1, 0.15) is 10.7 Å². The van der Waals surface area contributed by atoms with Gasteiger partial charge in [-0.25, -0.2) is 18.5 Å². The van der Waals surface area contributed by atoms with E-state index in [2.05, 4.69) is 15.3 Å². The molecule has 4 aromatic rings. The average molecular weight is 447 g/mol. The molecule has 4 N–H and O–H groups in total. The number of aromatic nitrogens is 2. The molecule has 1 aromatic carbocycles.